The SMILES string of the molecule is C=C1C(=CC=C2CCC[C@]3(C)C(CC)=CC[C@H]23)C[C@](O)(OCC#CC(O)(CC)CC)C[C@@H]1O. The van der Waals surface area contributed by atoms with Crippen LogP contribution in [0.4, 0.5) is 0 Å². The van der Waals surface area contributed by atoms with Gasteiger partial charge in [0.05, 0.1) is 6.10 Å². The van der Waals surface area contributed by atoms with Crippen molar-refractivity contribution in [1.82, 2.24) is 0 Å². The summed E-state index contributed by atoms with van der Waals surface area (Å²) in [5.74, 6) is 4.73. The lowest BCUT2D eigenvalue weighted by molar-refractivity contribution is -0.212. The Bertz CT molecular complexity index is 894. The molecule has 0 radical (unpaired) electrons. The van der Waals surface area contributed by atoms with Crippen LogP contribution in [0.3, 0.4) is 0 Å². The molecule has 3 rings (SSSR count). The van der Waals surface area contributed by atoms with E-state index in [2.05, 4.69) is 44.4 Å². The van der Waals surface area contributed by atoms with Crippen LogP contribution in [0.1, 0.15) is 85.5 Å². The van der Waals surface area contributed by atoms with Crippen molar-refractivity contribution in [2.45, 2.75) is 103 Å². The maximum absolute atomic E-state index is 11.0. The summed E-state index contributed by atoms with van der Waals surface area (Å²) in [6.07, 6.45) is 13.0. The molecule has 0 heterocycles. The van der Waals surface area contributed by atoms with Gasteiger partial charge in [-0.05, 0) is 67.4 Å². The van der Waals surface area contributed by atoms with E-state index in [0.29, 0.717) is 24.3 Å². The molecular formula is C29H42O4. The number of allylic oxidation sites excluding steroid dienone is 5. The van der Waals surface area contributed by atoms with Gasteiger partial charge in [0.1, 0.15) is 12.2 Å². The first-order chi connectivity index (χ1) is 15.6. The third kappa shape index (κ3) is 5.54. The van der Waals surface area contributed by atoms with E-state index in [1.54, 1.807) is 5.57 Å². The van der Waals surface area contributed by atoms with E-state index < -0.39 is 17.5 Å². The summed E-state index contributed by atoms with van der Waals surface area (Å²) in [4.78, 5) is 0. The number of hydrogen-bond acceptors (Lipinski definition) is 4. The van der Waals surface area contributed by atoms with Gasteiger partial charge in [-0.2, -0.15) is 0 Å². The molecule has 0 aromatic heterocycles. The van der Waals surface area contributed by atoms with E-state index in [9.17, 15) is 15.3 Å². The van der Waals surface area contributed by atoms with Crippen LogP contribution < -0.4 is 0 Å². The second kappa shape index (κ2) is 10.3. The third-order valence-corrected chi connectivity index (χ3v) is 8.29. The standard InChI is InChI=1S/C29H42O4/c1-6-24-14-15-25-22(11-9-16-27(24,25)5)12-13-23-19-29(32,20-26(30)21(23)4)33-18-10-17-28(31,7-2)8-3/h12-14,25-26,30-32H,4,6-9,11,15-16,18-20H2,1-3,5H3/t25-,26+,27-,29+/m1/s1. The van der Waals surface area contributed by atoms with E-state index in [1.807, 2.05) is 19.9 Å². The summed E-state index contributed by atoms with van der Waals surface area (Å²) in [5, 5.41) is 31.9. The monoisotopic (exact) mass is 454 g/mol. The highest BCUT2D eigenvalue weighted by atomic mass is 16.6. The summed E-state index contributed by atoms with van der Waals surface area (Å²) in [5.41, 5.74) is 3.76. The van der Waals surface area contributed by atoms with Crippen molar-refractivity contribution in [3.05, 3.63) is 47.1 Å². The van der Waals surface area contributed by atoms with E-state index in [1.165, 1.54) is 18.4 Å². The Morgan fingerprint density at radius 1 is 1.27 bits per heavy atom. The van der Waals surface area contributed by atoms with Crippen molar-refractivity contribution in [2.75, 3.05) is 6.61 Å². The molecule has 0 aromatic rings. The lowest BCUT2D eigenvalue weighted by Gasteiger charge is -2.41. The van der Waals surface area contributed by atoms with Gasteiger partial charge in [-0.15, -0.1) is 0 Å². The van der Waals surface area contributed by atoms with Crippen LogP contribution >= 0.6 is 0 Å². The molecule has 0 unspecified atom stereocenters. The summed E-state index contributed by atoms with van der Waals surface area (Å²) in [6.45, 7) is 12.5. The van der Waals surface area contributed by atoms with Crippen molar-refractivity contribution in [3.8, 4) is 11.8 Å². The molecule has 0 aromatic carbocycles. The molecule has 0 aliphatic heterocycles. The largest absolute Gasteiger partial charge is 0.388 e. The summed E-state index contributed by atoms with van der Waals surface area (Å²) >= 11 is 0. The number of fused-ring (bicyclic) bond motifs is 1. The van der Waals surface area contributed by atoms with Crippen molar-refractivity contribution >= 4 is 0 Å². The minimum atomic E-state index is -1.50. The van der Waals surface area contributed by atoms with Gasteiger partial charge in [-0.1, -0.05) is 75.5 Å². The van der Waals surface area contributed by atoms with Crippen molar-refractivity contribution in [1.29, 1.82) is 0 Å². The van der Waals surface area contributed by atoms with Crippen LogP contribution in [-0.4, -0.2) is 39.4 Å². The molecule has 182 valence electrons. The van der Waals surface area contributed by atoms with Crippen LogP contribution in [0.25, 0.3) is 0 Å². The predicted octanol–water partition coefficient (Wildman–Crippen LogP) is 5.36. The average Bonchev–Trinajstić information content (AvgIpc) is 3.14. The third-order valence-electron chi connectivity index (χ3n) is 8.29. The van der Waals surface area contributed by atoms with E-state index in [4.69, 9.17) is 4.74 Å². The Morgan fingerprint density at radius 3 is 2.67 bits per heavy atom. The van der Waals surface area contributed by atoms with Crippen LogP contribution in [-0.2, 0) is 4.74 Å². The van der Waals surface area contributed by atoms with E-state index in [-0.39, 0.29) is 24.9 Å². The zero-order valence-corrected chi connectivity index (χ0v) is 20.9. The molecule has 3 aliphatic carbocycles. The average molecular weight is 455 g/mol. The van der Waals surface area contributed by atoms with Gasteiger partial charge in [0, 0.05) is 12.8 Å². The fourth-order valence-electron chi connectivity index (χ4n) is 5.86. The number of ether oxygens (including phenoxy) is 1. The maximum Gasteiger partial charge on any atom is 0.173 e. The molecule has 0 bridgehead atoms. The molecule has 33 heavy (non-hydrogen) atoms. The highest BCUT2D eigenvalue weighted by Crippen LogP contribution is 2.55. The zero-order chi connectivity index (χ0) is 24.3. The fraction of sp³-hybridized carbons (Fsp3) is 0.655. The molecule has 0 amide bonds. The number of rotatable bonds is 6. The molecule has 3 aliphatic rings. The molecule has 2 saturated carbocycles. The normalized spacial score (nSPS) is 34.8. The topological polar surface area (TPSA) is 69.9 Å². The second-order valence-electron chi connectivity index (χ2n) is 10.3. The van der Waals surface area contributed by atoms with E-state index in [0.717, 1.165) is 24.8 Å². The highest BCUT2D eigenvalue weighted by molar-refractivity contribution is 5.40. The minimum Gasteiger partial charge on any atom is -0.388 e. The first-order valence-corrected chi connectivity index (χ1v) is 12.6. The van der Waals surface area contributed by atoms with Gasteiger partial charge < -0.3 is 20.1 Å². The fourth-order valence-corrected chi connectivity index (χ4v) is 5.86. The Morgan fingerprint density at radius 2 is 2.00 bits per heavy atom. The number of aliphatic hydroxyl groups excluding tert-OH is 1. The minimum absolute atomic E-state index is 0.00172. The molecule has 3 N–H and O–H groups in total. The quantitative estimate of drug-likeness (QED) is 0.287. The Hall–Kier alpha value is -1.64. The van der Waals surface area contributed by atoms with Crippen LogP contribution in [0, 0.1) is 23.2 Å². The Balaban J connectivity index is 1.74. The van der Waals surface area contributed by atoms with Gasteiger partial charge in [-0.25, -0.2) is 0 Å². The van der Waals surface area contributed by atoms with Gasteiger partial charge in [0.25, 0.3) is 0 Å². The Kier molecular flexibility index (Phi) is 8.12. The van der Waals surface area contributed by atoms with Gasteiger partial charge >= 0.3 is 0 Å². The molecular weight excluding hydrogens is 412 g/mol. The zero-order valence-electron chi connectivity index (χ0n) is 20.9. The molecule has 4 atom stereocenters. The maximum atomic E-state index is 11.0. The highest BCUT2D eigenvalue weighted by Gasteiger charge is 2.44. The van der Waals surface area contributed by atoms with Gasteiger partial charge in [0.15, 0.2) is 5.79 Å². The van der Waals surface area contributed by atoms with Crippen LogP contribution in [0.5, 0.6) is 0 Å². The van der Waals surface area contributed by atoms with E-state index >= 15 is 0 Å². The van der Waals surface area contributed by atoms with Gasteiger partial charge in [-0.3, -0.25) is 0 Å². The van der Waals surface area contributed by atoms with Crippen molar-refractivity contribution in [2.24, 2.45) is 11.3 Å². The number of hydrogen-bond donors (Lipinski definition) is 3. The molecule has 4 heteroatoms. The summed E-state index contributed by atoms with van der Waals surface area (Å²) in [7, 11) is 0. The lowest BCUT2D eigenvalue weighted by atomic mass is 9.64. The smallest absolute Gasteiger partial charge is 0.173 e. The molecule has 0 saturated heterocycles. The van der Waals surface area contributed by atoms with Gasteiger partial charge in [0.2, 0.25) is 0 Å². The summed E-state index contributed by atoms with van der Waals surface area (Å²) < 4.78 is 5.71. The predicted molar refractivity (Wildman–Crippen MR) is 133 cm³/mol. The Labute approximate surface area is 200 Å². The number of aliphatic hydroxyl groups is 3. The molecule has 2 fully saturated rings. The first kappa shape index (κ1) is 26.0. The van der Waals surface area contributed by atoms with Crippen LogP contribution in [0.15, 0.2) is 47.1 Å². The van der Waals surface area contributed by atoms with Crippen LogP contribution in [0.2, 0.25) is 0 Å². The summed E-state index contributed by atoms with van der Waals surface area (Å²) in [6, 6.07) is 0. The molecule has 0 spiro atoms. The van der Waals surface area contributed by atoms with Crippen molar-refractivity contribution < 1.29 is 20.1 Å². The lowest BCUT2D eigenvalue weighted by Crippen LogP contribution is -2.42. The first-order valence-electron chi connectivity index (χ1n) is 12.6. The molecule has 4 nitrogen and oxygen atoms in total. The van der Waals surface area contributed by atoms with Crippen molar-refractivity contribution in [3.63, 3.8) is 0 Å². The second-order valence-corrected chi connectivity index (χ2v) is 10.3.